The molecule has 7 heteroatoms. The number of nitrogens with zero attached hydrogens (tertiary/aromatic N) is 2. The van der Waals surface area contributed by atoms with Crippen molar-refractivity contribution in [2.45, 2.75) is 31.8 Å². The predicted octanol–water partition coefficient (Wildman–Crippen LogP) is -0.0166. The molecule has 1 heterocycles. The molecule has 1 aliphatic heterocycles. The van der Waals surface area contributed by atoms with Gasteiger partial charge < -0.3 is 14.9 Å². The summed E-state index contributed by atoms with van der Waals surface area (Å²) in [5.41, 5.74) is 0. The van der Waals surface area contributed by atoms with Crippen LogP contribution >= 0.6 is 11.8 Å². The Morgan fingerprint density at radius 2 is 2.06 bits per heavy atom. The van der Waals surface area contributed by atoms with Gasteiger partial charge in [0.2, 0.25) is 11.8 Å². The molecule has 1 N–H and O–H groups in total. The topological polar surface area (TPSA) is 77.9 Å². The minimum absolute atomic E-state index is 0.0491. The molecule has 0 aromatic carbocycles. The largest absolute Gasteiger partial charge is 0.480 e. The first kappa shape index (κ1) is 13.2. The normalized spacial score (nSPS) is 22.9. The van der Waals surface area contributed by atoms with Gasteiger partial charge in [-0.25, -0.2) is 0 Å². The standard InChI is InChI=1S/C11H16N2O4S/c1-7(14)13-6-18-5-9(13)11(17)12(4-10(15)16)8-2-3-8/h8-9H,2-6H2,1H3,(H,15,16)/t9-/m1/s1. The van der Waals surface area contributed by atoms with E-state index in [9.17, 15) is 14.4 Å². The van der Waals surface area contributed by atoms with Crippen molar-refractivity contribution in [2.75, 3.05) is 18.2 Å². The van der Waals surface area contributed by atoms with E-state index in [1.54, 1.807) is 0 Å². The third-order valence-electron chi connectivity index (χ3n) is 3.15. The second kappa shape index (κ2) is 5.17. The van der Waals surface area contributed by atoms with Crippen molar-refractivity contribution in [2.24, 2.45) is 0 Å². The summed E-state index contributed by atoms with van der Waals surface area (Å²) < 4.78 is 0. The average molecular weight is 272 g/mol. The van der Waals surface area contributed by atoms with Gasteiger partial charge in [-0.1, -0.05) is 0 Å². The van der Waals surface area contributed by atoms with Crippen molar-refractivity contribution in [3.63, 3.8) is 0 Å². The molecule has 1 aliphatic carbocycles. The summed E-state index contributed by atoms with van der Waals surface area (Å²) >= 11 is 1.53. The molecule has 100 valence electrons. The monoisotopic (exact) mass is 272 g/mol. The van der Waals surface area contributed by atoms with E-state index in [0.717, 1.165) is 12.8 Å². The molecule has 2 aliphatic rings. The maximum absolute atomic E-state index is 12.3. The Labute approximate surface area is 109 Å². The number of carboxylic acids is 1. The average Bonchev–Trinajstić information content (AvgIpc) is 3.00. The quantitative estimate of drug-likeness (QED) is 0.778. The van der Waals surface area contributed by atoms with Crippen LogP contribution in [0.1, 0.15) is 19.8 Å². The van der Waals surface area contributed by atoms with Gasteiger partial charge in [0.1, 0.15) is 12.6 Å². The molecule has 0 spiro atoms. The first-order valence-corrected chi connectivity index (χ1v) is 7.03. The van der Waals surface area contributed by atoms with E-state index in [1.165, 1.54) is 28.5 Å². The highest BCUT2D eigenvalue weighted by Crippen LogP contribution is 2.30. The van der Waals surface area contributed by atoms with Gasteiger partial charge >= 0.3 is 5.97 Å². The number of hydrogen-bond donors (Lipinski definition) is 1. The molecule has 2 rings (SSSR count). The van der Waals surface area contributed by atoms with Crippen LogP contribution in [0.5, 0.6) is 0 Å². The van der Waals surface area contributed by atoms with E-state index in [1.807, 2.05) is 0 Å². The molecule has 0 bridgehead atoms. The number of carbonyl (C=O) groups excluding carboxylic acids is 2. The number of thioether (sulfide) groups is 1. The van der Waals surface area contributed by atoms with Crippen molar-refractivity contribution in [3.05, 3.63) is 0 Å². The molecule has 0 aromatic heterocycles. The lowest BCUT2D eigenvalue weighted by Crippen LogP contribution is -2.50. The summed E-state index contributed by atoms with van der Waals surface area (Å²) in [7, 11) is 0. The van der Waals surface area contributed by atoms with E-state index in [2.05, 4.69) is 0 Å². The summed E-state index contributed by atoms with van der Waals surface area (Å²) in [6.07, 6.45) is 1.72. The van der Waals surface area contributed by atoms with Gasteiger partial charge in [0, 0.05) is 18.7 Å². The molecule has 18 heavy (non-hydrogen) atoms. The zero-order valence-corrected chi connectivity index (χ0v) is 11.0. The third kappa shape index (κ3) is 2.77. The lowest BCUT2D eigenvalue weighted by molar-refractivity contribution is -0.148. The molecule has 1 atom stereocenters. The second-order valence-electron chi connectivity index (χ2n) is 4.60. The number of carboxylic acid groups (broad SMARTS) is 1. The van der Waals surface area contributed by atoms with Crippen LogP contribution in [0.3, 0.4) is 0 Å². The zero-order valence-electron chi connectivity index (χ0n) is 10.2. The van der Waals surface area contributed by atoms with E-state index >= 15 is 0 Å². The molecule has 1 saturated carbocycles. The first-order chi connectivity index (χ1) is 8.50. The second-order valence-corrected chi connectivity index (χ2v) is 5.60. The fourth-order valence-corrected chi connectivity index (χ4v) is 3.28. The molecule has 0 unspecified atom stereocenters. The highest BCUT2D eigenvalue weighted by Gasteiger charge is 2.41. The molecular formula is C11H16N2O4S. The fraction of sp³-hybridized carbons (Fsp3) is 0.727. The number of aliphatic carboxylic acids is 1. The van der Waals surface area contributed by atoms with Crippen LogP contribution in [-0.4, -0.2) is 62.9 Å². The van der Waals surface area contributed by atoms with Crippen LogP contribution in [0.4, 0.5) is 0 Å². The Balaban J connectivity index is 2.07. The minimum atomic E-state index is -1.00. The molecular weight excluding hydrogens is 256 g/mol. The first-order valence-electron chi connectivity index (χ1n) is 5.88. The van der Waals surface area contributed by atoms with Gasteiger partial charge in [0.05, 0.1) is 5.88 Å². The van der Waals surface area contributed by atoms with Crippen molar-refractivity contribution in [1.29, 1.82) is 0 Å². The highest BCUT2D eigenvalue weighted by atomic mass is 32.2. The van der Waals surface area contributed by atoms with Crippen molar-refractivity contribution >= 4 is 29.5 Å². The van der Waals surface area contributed by atoms with Crippen LogP contribution < -0.4 is 0 Å². The molecule has 1 saturated heterocycles. The van der Waals surface area contributed by atoms with Crippen LogP contribution in [0.2, 0.25) is 0 Å². The summed E-state index contributed by atoms with van der Waals surface area (Å²) in [6, 6.07) is -0.444. The highest BCUT2D eigenvalue weighted by molar-refractivity contribution is 7.99. The summed E-state index contributed by atoms with van der Waals surface area (Å²) in [4.78, 5) is 37.5. The zero-order chi connectivity index (χ0) is 13.3. The maximum Gasteiger partial charge on any atom is 0.323 e. The predicted molar refractivity (Wildman–Crippen MR) is 66.0 cm³/mol. The Kier molecular flexibility index (Phi) is 3.79. The van der Waals surface area contributed by atoms with E-state index < -0.39 is 12.0 Å². The molecule has 2 fully saturated rings. The number of carbonyl (C=O) groups is 3. The third-order valence-corrected chi connectivity index (χ3v) is 4.16. The van der Waals surface area contributed by atoms with Gasteiger partial charge in [-0.2, -0.15) is 0 Å². The lowest BCUT2D eigenvalue weighted by atomic mass is 10.2. The van der Waals surface area contributed by atoms with E-state index in [-0.39, 0.29) is 24.4 Å². The number of rotatable bonds is 4. The smallest absolute Gasteiger partial charge is 0.323 e. The molecule has 0 aromatic rings. The lowest BCUT2D eigenvalue weighted by Gasteiger charge is -2.28. The van der Waals surface area contributed by atoms with Gasteiger partial charge in [0.25, 0.3) is 0 Å². The Morgan fingerprint density at radius 1 is 1.39 bits per heavy atom. The van der Waals surface area contributed by atoms with Gasteiger partial charge in [-0.3, -0.25) is 14.4 Å². The SMILES string of the molecule is CC(=O)N1CSC[C@@H]1C(=O)N(CC(=O)O)C1CC1. The van der Waals surface area contributed by atoms with Crippen molar-refractivity contribution < 1.29 is 19.5 Å². The minimum Gasteiger partial charge on any atom is -0.480 e. The molecule has 6 nitrogen and oxygen atoms in total. The Morgan fingerprint density at radius 3 is 2.56 bits per heavy atom. The van der Waals surface area contributed by atoms with Crippen molar-refractivity contribution in [1.82, 2.24) is 9.80 Å². The molecule has 2 amide bonds. The van der Waals surface area contributed by atoms with Gasteiger partial charge in [-0.05, 0) is 12.8 Å². The van der Waals surface area contributed by atoms with Crippen molar-refractivity contribution in [3.8, 4) is 0 Å². The van der Waals surface area contributed by atoms with Crippen LogP contribution in [0.15, 0.2) is 0 Å². The van der Waals surface area contributed by atoms with E-state index in [0.29, 0.717) is 11.6 Å². The molecule has 0 radical (unpaired) electrons. The van der Waals surface area contributed by atoms with Gasteiger partial charge in [-0.15, -0.1) is 11.8 Å². The number of hydrogen-bond acceptors (Lipinski definition) is 4. The summed E-state index contributed by atoms with van der Waals surface area (Å²) in [5, 5.41) is 8.85. The van der Waals surface area contributed by atoms with Crippen LogP contribution in [0, 0.1) is 0 Å². The number of amides is 2. The van der Waals surface area contributed by atoms with Gasteiger partial charge in [0.15, 0.2) is 0 Å². The summed E-state index contributed by atoms with van der Waals surface area (Å²) in [6.45, 7) is 1.17. The summed E-state index contributed by atoms with van der Waals surface area (Å²) in [5.74, 6) is -0.293. The maximum atomic E-state index is 12.3. The van der Waals surface area contributed by atoms with Crippen LogP contribution in [-0.2, 0) is 14.4 Å². The Bertz CT molecular complexity index is 379. The fourth-order valence-electron chi connectivity index (χ4n) is 2.07. The Hall–Kier alpha value is -1.24. The van der Waals surface area contributed by atoms with E-state index in [4.69, 9.17) is 5.11 Å². The van der Waals surface area contributed by atoms with Crippen LogP contribution in [0.25, 0.3) is 0 Å².